The minimum absolute atomic E-state index is 0.800. The third-order valence-corrected chi connectivity index (χ3v) is 3.48. The average Bonchev–Trinajstić information content (AvgIpc) is 2.23. The molecule has 0 spiro atoms. The Bertz CT molecular complexity index is 332. The fourth-order valence-electron chi connectivity index (χ4n) is 1.35. The summed E-state index contributed by atoms with van der Waals surface area (Å²) in [6.45, 7) is 2.09. The first kappa shape index (κ1) is 10.1. The van der Waals surface area contributed by atoms with Gasteiger partial charge >= 0.3 is 0 Å². The van der Waals surface area contributed by atoms with Crippen molar-refractivity contribution in [3.63, 3.8) is 0 Å². The van der Waals surface area contributed by atoms with Gasteiger partial charge in [0, 0.05) is 16.5 Å². The van der Waals surface area contributed by atoms with E-state index in [1.165, 1.54) is 9.80 Å². The lowest BCUT2D eigenvalue weighted by Crippen LogP contribution is -2.19. The number of halogens is 1. The van der Waals surface area contributed by atoms with Crippen LogP contribution in [0.2, 0.25) is 5.02 Å². The highest BCUT2D eigenvalue weighted by atomic mass is 35.5. The van der Waals surface area contributed by atoms with Crippen molar-refractivity contribution in [2.75, 3.05) is 13.1 Å². The van der Waals surface area contributed by atoms with Gasteiger partial charge < -0.3 is 5.32 Å². The molecule has 1 heterocycles. The summed E-state index contributed by atoms with van der Waals surface area (Å²) < 4.78 is 0. The van der Waals surface area contributed by atoms with Gasteiger partial charge in [-0.3, -0.25) is 0 Å². The molecule has 14 heavy (non-hydrogen) atoms. The van der Waals surface area contributed by atoms with Crippen LogP contribution >= 0.6 is 23.4 Å². The summed E-state index contributed by atoms with van der Waals surface area (Å²) in [6.07, 6.45) is 3.38. The van der Waals surface area contributed by atoms with Crippen molar-refractivity contribution in [3.8, 4) is 0 Å². The minimum atomic E-state index is 0.800. The predicted molar refractivity (Wildman–Crippen MR) is 62.9 cm³/mol. The maximum Gasteiger partial charge on any atom is 0.0406 e. The zero-order valence-corrected chi connectivity index (χ0v) is 9.37. The van der Waals surface area contributed by atoms with E-state index in [0.29, 0.717) is 0 Å². The van der Waals surface area contributed by atoms with Crippen LogP contribution in [0.15, 0.2) is 40.1 Å². The Morgan fingerprint density at radius 2 is 2.00 bits per heavy atom. The largest absolute Gasteiger partial charge is 0.313 e. The summed E-state index contributed by atoms with van der Waals surface area (Å²) >= 11 is 7.66. The molecule has 0 saturated carbocycles. The van der Waals surface area contributed by atoms with Crippen molar-refractivity contribution < 1.29 is 0 Å². The molecule has 3 heteroatoms. The lowest BCUT2D eigenvalue weighted by atomic mass is 10.3. The number of benzene rings is 1. The Balaban J connectivity index is 2.03. The Hall–Kier alpha value is -0.440. The van der Waals surface area contributed by atoms with Crippen molar-refractivity contribution in [3.05, 3.63) is 40.3 Å². The molecule has 0 aliphatic carbocycles. The van der Waals surface area contributed by atoms with Gasteiger partial charge in [0.1, 0.15) is 0 Å². The highest BCUT2D eigenvalue weighted by Gasteiger charge is 2.04. The third-order valence-electron chi connectivity index (χ3n) is 2.08. The normalized spacial score (nSPS) is 16.5. The highest BCUT2D eigenvalue weighted by molar-refractivity contribution is 8.03. The second-order valence-corrected chi connectivity index (χ2v) is 4.82. The molecular formula is C11H12ClNS. The number of hydrogen-bond acceptors (Lipinski definition) is 2. The van der Waals surface area contributed by atoms with Gasteiger partial charge in [0.15, 0.2) is 0 Å². The van der Waals surface area contributed by atoms with Crippen LogP contribution in [0.5, 0.6) is 0 Å². The van der Waals surface area contributed by atoms with E-state index in [1.807, 2.05) is 23.9 Å². The molecule has 1 N–H and O–H groups in total. The van der Waals surface area contributed by atoms with Gasteiger partial charge in [0.2, 0.25) is 0 Å². The molecule has 1 aliphatic heterocycles. The number of thioether (sulfide) groups is 1. The molecule has 74 valence electrons. The SMILES string of the molecule is Clc1ccc(SC2=CCNCC2)cc1. The van der Waals surface area contributed by atoms with E-state index in [1.54, 1.807) is 0 Å². The summed E-state index contributed by atoms with van der Waals surface area (Å²) in [7, 11) is 0. The van der Waals surface area contributed by atoms with Gasteiger partial charge in [-0.05, 0) is 42.1 Å². The summed E-state index contributed by atoms with van der Waals surface area (Å²) in [5.74, 6) is 0. The van der Waals surface area contributed by atoms with Crippen LogP contribution in [0.3, 0.4) is 0 Å². The van der Waals surface area contributed by atoms with Gasteiger partial charge in [0.05, 0.1) is 0 Å². The first-order chi connectivity index (χ1) is 6.84. The van der Waals surface area contributed by atoms with Gasteiger partial charge in [0.25, 0.3) is 0 Å². The van der Waals surface area contributed by atoms with Crippen LogP contribution in [0.25, 0.3) is 0 Å². The first-order valence-corrected chi connectivity index (χ1v) is 5.87. The van der Waals surface area contributed by atoms with Gasteiger partial charge in [-0.25, -0.2) is 0 Å². The monoisotopic (exact) mass is 225 g/mol. The fraction of sp³-hybridized carbons (Fsp3) is 0.273. The fourth-order valence-corrected chi connectivity index (χ4v) is 2.42. The molecule has 0 saturated heterocycles. The molecule has 2 rings (SSSR count). The topological polar surface area (TPSA) is 12.0 Å². The van der Waals surface area contributed by atoms with Crippen LogP contribution in [-0.2, 0) is 0 Å². The summed E-state index contributed by atoms with van der Waals surface area (Å²) in [6, 6.07) is 8.00. The van der Waals surface area contributed by atoms with E-state index in [0.717, 1.165) is 24.5 Å². The Morgan fingerprint density at radius 1 is 1.21 bits per heavy atom. The van der Waals surface area contributed by atoms with E-state index < -0.39 is 0 Å². The van der Waals surface area contributed by atoms with Gasteiger partial charge in [-0.2, -0.15) is 0 Å². The molecule has 0 amide bonds. The Kier molecular flexibility index (Phi) is 3.51. The second kappa shape index (κ2) is 4.87. The number of nitrogens with one attached hydrogen (secondary N) is 1. The van der Waals surface area contributed by atoms with Crippen molar-refractivity contribution >= 4 is 23.4 Å². The molecule has 1 aromatic rings. The van der Waals surface area contributed by atoms with Crippen LogP contribution in [0.1, 0.15) is 6.42 Å². The van der Waals surface area contributed by atoms with Crippen LogP contribution in [0, 0.1) is 0 Å². The van der Waals surface area contributed by atoms with Crippen molar-refractivity contribution in [1.82, 2.24) is 5.32 Å². The third kappa shape index (κ3) is 2.77. The summed E-state index contributed by atoms with van der Waals surface area (Å²) in [5, 5.41) is 4.10. The van der Waals surface area contributed by atoms with Gasteiger partial charge in [-0.15, -0.1) is 0 Å². The van der Waals surface area contributed by atoms with Crippen LogP contribution < -0.4 is 5.32 Å². The molecule has 0 fully saturated rings. The van der Waals surface area contributed by atoms with E-state index in [9.17, 15) is 0 Å². The summed E-state index contributed by atoms with van der Waals surface area (Å²) in [5.41, 5.74) is 0. The predicted octanol–water partition coefficient (Wildman–Crippen LogP) is 3.31. The summed E-state index contributed by atoms with van der Waals surface area (Å²) in [4.78, 5) is 2.72. The smallest absolute Gasteiger partial charge is 0.0406 e. The van der Waals surface area contributed by atoms with Crippen molar-refractivity contribution in [2.45, 2.75) is 11.3 Å². The molecule has 0 radical (unpaired) electrons. The molecule has 1 nitrogen and oxygen atoms in total. The average molecular weight is 226 g/mol. The maximum absolute atomic E-state index is 5.82. The zero-order valence-electron chi connectivity index (χ0n) is 7.79. The lowest BCUT2D eigenvalue weighted by Gasteiger charge is -2.13. The van der Waals surface area contributed by atoms with Crippen molar-refractivity contribution in [1.29, 1.82) is 0 Å². The van der Waals surface area contributed by atoms with Crippen molar-refractivity contribution in [2.24, 2.45) is 0 Å². The Labute approximate surface area is 93.5 Å². The number of hydrogen-bond donors (Lipinski definition) is 1. The lowest BCUT2D eigenvalue weighted by molar-refractivity contribution is 0.722. The first-order valence-electron chi connectivity index (χ1n) is 4.68. The number of rotatable bonds is 2. The van der Waals surface area contributed by atoms with E-state index in [2.05, 4.69) is 23.5 Å². The molecule has 0 aromatic heterocycles. The standard InChI is InChI=1S/C11H12ClNS/c12-9-1-3-10(4-2-9)14-11-5-7-13-8-6-11/h1-5,13H,6-8H2. The van der Waals surface area contributed by atoms with E-state index in [4.69, 9.17) is 11.6 Å². The quantitative estimate of drug-likeness (QED) is 0.829. The Morgan fingerprint density at radius 3 is 2.64 bits per heavy atom. The highest BCUT2D eigenvalue weighted by Crippen LogP contribution is 2.30. The van der Waals surface area contributed by atoms with Crippen LogP contribution in [0.4, 0.5) is 0 Å². The van der Waals surface area contributed by atoms with E-state index >= 15 is 0 Å². The molecule has 1 aliphatic rings. The molecular weight excluding hydrogens is 214 g/mol. The second-order valence-electron chi connectivity index (χ2n) is 3.18. The minimum Gasteiger partial charge on any atom is -0.313 e. The zero-order chi connectivity index (χ0) is 9.80. The molecule has 0 atom stereocenters. The van der Waals surface area contributed by atoms with Crippen LogP contribution in [-0.4, -0.2) is 13.1 Å². The maximum atomic E-state index is 5.82. The molecule has 0 bridgehead atoms. The molecule has 0 unspecified atom stereocenters. The van der Waals surface area contributed by atoms with Gasteiger partial charge in [-0.1, -0.05) is 29.4 Å². The van der Waals surface area contributed by atoms with E-state index in [-0.39, 0.29) is 0 Å². The molecule has 1 aromatic carbocycles.